The highest BCUT2D eigenvalue weighted by molar-refractivity contribution is 6.08. The number of phenols is 2. The fourth-order valence-corrected chi connectivity index (χ4v) is 4.68. The molecule has 0 spiro atoms. The summed E-state index contributed by atoms with van der Waals surface area (Å²) in [7, 11) is 0. The van der Waals surface area contributed by atoms with Crippen LogP contribution in [0.1, 0.15) is 16.7 Å². The molecule has 2 heteroatoms. The third kappa shape index (κ3) is 2.95. The minimum absolute atomic E-state index is 0.333. The average Bonchev–Trinajstić information content (AvgIpc) is 2.79. The van der Waals surface area contributed by atoms with E-state index in [1.165, 1.54) is 5.56 Å². The fourth-order valence-electron chi connectivity index (χ4n) is 4.68. The van der Waals surface area contributed by atoms with E-state index in [4.69, 9.17) is 0 Å². The molecule has 0 aliphatic carbocycles. The number of aryl methyl sites for hydroxylation is 3. The molecular weight excluding hydrogens is 380 g/mol. The first-order valence-electron chi connectivity index (χ1n) is 10.5. The molecule has 2 nitrogen and oxygen atoms in total. The molecule has 0 amide bonds. The zero-order valence-corrected chi connectivity index (χ0v) is 17.9. The first-order chi connectivity index (χ1) is 15.0. The molecule has 0 radical (unpaired) electrons. The Morgan fingerprint density at radius 1 is 0.452 bits per heavy atom. The highest BCUT2D eigenvalue weighted by Crippen LogP contribution is 2.45. The summed E-state index contributed by atoms with van der Waals surface area (Å²) >= 11 is 0. The monoisotopic (exact) mass is 404 g/mol. The third-order valence-corrected chi connectivity index (χ3v) is 6.25. The van der Waals surface area contributed by atoms with Gasteiger partial charge in [0.05, 0.1) is 0 Å². The van der Waals surface area contributed by atoms with Crippen LogP contribution in [0.5, 0.6) is 11.5 Å². The Bertz CT molecular complexity index is 1480. The van der Waals surface area contributed by atoms with Crippen molar-refractivity contribution >= 4 is 21.5 Å². The maximum atomic E-state index is 10.7. The number of hydrogen-bond donors (Lipinski definition) is 2. The summed E-state index contributed by atoms with van der Waals surface area (Å²) in [5.74, 6) is 0.667. The van der Waals surface area contributed by atoms with Crippen molar-refractivity contribution in [3.05, 3.63) is 95.6 Å². The van der Waals surface area contributed by atoms with Gasteiger partial charge >= 0.3 is 0 Å². The number of fused-ring (bicyclic) bond motifs is 2. The Morgan fingerprint density at radius 2 is 0.935 bits per heavy atom. The van der Waals surface area contributed by atoms with Gasteiger partial charge in [-0.25, -0.2) is 0 Å². The summed E-state index contributed by atoms with van der Waals surface area (Å²) in [5.41, 5.74) is 7.35. The molecule has 0 fully saturated rings. The van der Waals surface area contributed by atoms with Gasteiger partial charge in [-0.15, -0.1) is 0 Å². The zero-order chi connectivity index (χ0) is 21.7. The lowest BCUT2D eigenvalue weighted by molar-refractivity contribution is 0.477. The van der Waals surface area contributed by atoms with Crippen molar-refractivity contribution < 1.29 is 10.2 Å². The van der Waals surface area contributed by atoms with Crippen molar-refractivity contribution in [1.82, 2.24) is 0 Å². The Labute approximate surface area is 182 Å². The van der Waals surface area contributed by atoms with Crippen molar-refractivity contribution in [3.63, 3.8) is 0 Å². The Balaban J connectivity index is 1.92. The molecular formula is C29H24O2. The topological polar surface area (TPSA) is 40.5 Å². The normalized spacial score (nSPS) is 11.3. The van der Waals surface area contributed by atoms with Crippen molar-refractivity contribution in [1.29, 1.82) is 0 Å². The standard InChI is InChI=1S/C29H24O2/c1-17-9-8-14-22(25-15-18(2)28(30)23-12-6-4-10-20(23)25)27(17)26-16-19(3)29(31)24-13-7-5-11-21(24)26/h4-16,30-31H,1-3H3. The number of rotatable bonds is 2. The van der Waals surface area contributed by atoms with Crippen LogP contribution in [0.3, 0.4) is 0 Å². The number of aromatic hydroxyl groups is 2. The lowest BCUT2D eigenvalue weighted by atomic mass is 9.85. The van der Waals surface area contributed by atoms with Gasteiger partial charge in [0.15, 0.2) is 0 Å². The first-order valence-corrected chi connectivity index (χ1v) is 10.5. The Kier molecular flexibility index (Phi) is 4.44. The summed E-state index contributed by atoms with van der Waals surface area (Å²) in [5, 5.41) is 25.1. The second-order valence-corrected chi connectivity index (χ2v) is 8.27. The Hall–Kier alpha value is -3.78. The van der Waals surface area contributed by atoms with E-state index >= 15 is 0 Å². The summed E-state index contributed by atoms with van der Waals surface area (Å²) in [6.07, 6.45) is 0. The lowest BCUT2D eigenvalue weighted by Crippen LogP contribution is -1.94. The quantitative estimate of drug-likeness (QED) is 0.317. The average molecular weight is 405 g/mol. The SMILES string of the molecule is Cc1cccc(-c2cc(C)c(O)c3ccccc23)c1-c1cc(C)c(O)c2ccccc12. The second-order valence-electron chi connectivity index (χ2n) is 8.27. The van der Waals surface area contributed by atoms with Crippen molar-refractivity contribution in [3.8, 4) is 33.8 Å². The van der Waals surface area contributed by atoms with Crippen LogP contribution in [0, 0.1) is 20.8 Å². The zero-order valence-electron chi connectivity index (χ0n) is 17.9. The smallest absolute Gasteiger partial charge is 0.126 e. The molecule has 0 aliphatic heterocycles. The van der Waals surface area contributed by atoms with Crippen LogP contribution in [0.4, 0.5) is 0 Å². The summed E-state index contributed by atoms with van der Waals surface area (Å²) in [6.45, 7) is 6.02. The molecule has 0 atom stereocenters. The van der Waals surface area contributed by atoms with Crippen LogP contribution < -0.4 is 0 Å². The van der Waals surface area contributed by atoms with Crippen LogP contribution >= 0.6 is 0 Å². The molecule has 5 aromatic carbocycles. The van der Waals surface area contributed by atoms with Crippen LogP contribution in [0.2, 0.25) is 0 Å². The highest BCUT2D eigenvalue weighted by atomic mass is 16.3. The molecule has 0 aromatic heterocycles. The van der Waals surface area contributed by atoms with Crippen LogP contribution in [0.15, 0.2) is 78.9 Å². The van der Waals surface area contributed by atoms with Crippen LogP contribution in [-0.2, 0) is 0 Å². The largest absolute Gasteiger partial charge is 0.507 e. The lowest BCUT2D eigenvalue weighted by Gasteiger charge is -2.19. The van der Waals surface area contributed by atoms with Gasteiger partial charge in [-0.1, -0.05) is 66.7 Å². The number of phenolic OH excluding ortho intramolecular Hbond substituents is 2. The molecule has 2 N–H and O–H groups in total. The van der Waals surface area contributed by atoms with Gasteiger partial charge in [0, 0.05) is 10.8 Å². The van der Waals surface area contributed by atoms with Gasteiger partial charge in [-0.3, -0.25) is 0 Å². The predicted molar refractivity (Wildman–Crippen MR) is 130 cm³/mol. The van der Waals surface area contributed by atoms with E-state index in [1.54, 1.807) is 0 Å². The minimum Gasteiger partial charge on any atom is -0.507 e. The molecule has 152 valence electrons. The van der Waals surface area contributed by atoms with E-state index in [0.29, 0.717) is 11.5 Å². The number of hydrogen-bond acceptors (Lipinski definition) is 2. The fraction of sp³-hybridized carbons (Fsp3) is 0.103. The molecule has 0 bridgehead atoms. The van der Waals surface area contributed by atoms with Gasteiger partial charge in [-0.05, 0) is 82.6 Å². The van der Waals surface area contributed by atoms with Gasteiger partial charge in [0.25, 0.3) is 0 Å². The Morgan fingerprint density at radius 3 is 1.52 bits per heavy atom. The van der Waals surface area contributed by atoms with E-state index in [2.05, 4.69) is 49.4 Å². The summed E-state index contributed by atoms with van der Waals surface area (Å²) in [6, 6.07) is 26.5. The molecule has 5 rings (SSSR count). The molecule has 0 aliphatic rings. The van der Waals surface area contributed by atoms with E-state index in [9.17, 15) is 10.2 Å². The second kappa shape index (κ2) is 7.17. The van der Waals surface area contributed by atoms with Crippen LogP contribution in [0.25, 0.3) is 43.8 Å². The van der Waals surface area contributed by atoms with Gasteiger partial charge < -0.3 is 10.2 Å². The highest BCUT2D eigenvalue weighted by Gasteiger charge is 2.18. The maximum absolute atomic E-state index is 10.7. The maximum Gasteiger partial charge on any atom is 0.126 e. The van der Waals surface area contributed by atoms with Crippen LogP contribution in [-0.4, -0.2) is 10.2 Å². The third-order valence-electron chi connectivity index (χ3n) is 6.25. The molecule has 0 unspecified atom stereocenters. The van der Waals surface area contributed by atoms with Crippen molar-refractivity contribution in [2.24, 2.45) is 0 Å². The molecule has 5 aromatic rings. The molecule has 0 saturated carbocycles. The van der Waals surface area contributed by atoms with Gasteiger partial charge in [-0.2, -0.15) is 0 Å². The summed E-state index contributed by atoms with van der Waals surface area (Å²) in [4.78, 5) is 0. The van der Waals surface area contributed by atoms with Gasteiger partial charge in [0.2, 0.25) is 0 Å². The van der Waals surface area contributed by atoms with Gasteiger partial charge in [0.1, 0.15) is 11.5 Å². The van der Waals surface area contributed by atoms with E-state index in [1.807, 2.05) is 50.2 Å². The van der Waals surface area contributed by atoms with E-state index < -0.39 is 0 Å². The minimum atomic E-state index is 0.333. The molecule has 31 heavy (non-hydrogen) atoms. The molecule has 0 saturated heterocycles. The van der Waals surface area contributed by atoms with E-state index in [0.717, 1.165) is 54.9 Å². The first kappa shape index (κ1) is 19.2. The summed E-state index contributed by atoms with van der Waals surface area (Å²) < 4.78 is 0. The number of benzene rings is 5. The van der Waals surface area contributed by atoms with Crippen molar-refractivity contribution in [2.45, 2.75) is 20.8 Å². The predicted octanol–water partition coefficient (Wildman–Crippen LogP) is 7.66. The van der Waals surface area contributed by atoms with E-state index in [-0.39, 0.29) is 0 Å². The molecule has 0 heterocycles. The van der Waals surface area contributed by atoms with Crippen molar-refractivity contribution in [2.75, 3.05) is 0 Å².